The summed E-state index contributed by atoms with van der Waals surface area (Å²) in [6.07, 6.45) is 2.36. The Labute approximate surface area is 86.4 Å². The molecule has 1 aliphatic rings. The first-order valence-electron chi connectivity index (χ1n) is 5.52. The normalized spacial score (nSPS) is 27.8. The van der Waals surface area contributed by atoms with Gasteiger partial charge in [0.2, 0.25) is 5.91 Å². The molecule has 1 rings (SSSR count). The molecule has 82 valence electrons. The van der Waals surface area contributed by atoms with Gasteiger partial charge in [-0.3, -0.25) is 4.79 Å². The van der Waals surface area contributed by atoms with Gasteiger partial charge in [0.05, 0.1) is 0 Å². The fourth-order valence-electron chi connectivity index (χ4n) is 1.91. The van der Waals surface area contributed by atoms with Crippen LogP contribution in [0.2, 0.25) is 0 Å². The number of nitrogens with zero attached hydrogens (tertiary/aromatic N) is 1. The zero-order chi connectivity index (χ0) is 10.6. The molecule has 3 heteroatoms. The van der Waals surface area contributed by atoms with Gasteiger partial charge in [0.15, 0.2) is 0 Å². The average Bonchev–Trinajstić information content (AvgIpc) is 2.18. The Balaban J connectivity index is 2.43. The summed E-state index contributed by atoms with van der Waals surface area (Å²) in [6, 6.07) is 0.388. The Morgan fingerprint density at radius 2 is 2.14 bits per heavy atom. The quantitative estimate of drug-likeness (QED) is 0.692. The molecule has 0 saturated carbocycles. The molecule has 0 aromatic rings. The number of likely N-dealkylation sites (tertiary alicyclic amines) is 1. The van der Waals surface area contributed by atoms with Crippen molar-refractivity contribution in [3.63, 3.8) is 0 Å². The first kappa shape index (κ1) is 11.5. The fraction of sp³-hybridized carbons (Fsp3) is 0.909. The maximum Gasteiger partial charge on any atom is 0.248 e. The predicted octanol–water partition coefficient (Wildman–Crippen LogP) is 1.67. The number of hydrogen-bond acceptors (Lipinski definition) is 2. The molecule has 1 heterocycles. The van der Waals surface area contributed by atoms with Crippen molar-refractivity contribution >= 4 is 5.91 Å². The van der Waals surface area contributed by atoms with Gasteiger partial charge in [-0.1, -0.05) is 6.92 Å². The molecule has 14 heavy (non-hydrogen) atoms. The van der Waals surface area contributed by atoms with Crippen molar-refractivity contribution in [1.82, 2.24) is 4.90 Å². The van der Waals surface area contributed by atoms with Crippen LogP contribution in [0.5, 0.6) is 0 Å². The molecule has 0 spiro atoms. The molecule has 0 aliphatic carbocycles. The lowest BCUT2D eigenvalue weighted by Gasteiger charge is -2.36. The highest BCUT2D eigenvalue weighted by Crippen LogP contribution is 2.21. The summed E-state index contributed by atoms with van der Waals surface area (Å²) in [5, 5.41) is 0. The molecule has 0 radical (unpaired) electrons. The van der Waals surface area contributed by atoms with E-state index in [0.29, 0.717) is 18.6 Å². The van der Waals surface area contributed by atoms with E-state index in [9.17, 15) is 4.79 Å². The number of carbonyl (C=O) groups excluding carboxylic acids is 1. The molecule has 2 unspecified atom stereocenters. The van der Waals surface area contributed by atoms with E-state index in [0.717, 1.165) is 13.0 Å². The van der Waals surface area contributed by atoms with Gasteiger partial charge in [0.25, 0.3) is 0 Å². The lowest BCUT2D eigenvalue weighted by Crippen LogP contribution is -2.46. The third kappa shape index (κ3) is 2.98. The topological polar surface area (TPSA) is 29.5 Å². The number of ether oxygens (including phenoxy) is 1. The van der Waals surface area contributed by atoms with Crippen LogP contribution in [0.15, 0.2) is 0 Å². The lowest BCUT2D eigenvalue weighted by atomic mass is 9.95. The Bertz CT molecular complexity index is 194. The molecule has 0 aromatic carbocycles. The van der Waals surface area contributed by atoms with Crippen LogP contribution in [0.25, 0.3) is 0 Å². The zero-order valence-electron chi connectivity index (χ0n) is 9.45. The monoisotopic (exact) mass is 199 g/mol. The zero-order valence-corrected chi connectivity index (χ0v) is 9.45. The Morgan fingerprint density at radius 3 is 2.79 bits per heavy atom. The van der Waals surface area contributed by atoms with Crippen molar-refractivity contribution in [3.8, 4) is 0 Å². The highest BCUT2D eigenvalue weighted by molar-refractivity contribution is 5.77. The molecule has 0 bridgehead atoms. The van der Waals surface area contributed by atoms with Crippen LogP contribution in [0.1, 0.15) is 33.6 Å². The van der Waals surface area contributed by atoms with Gasteiger partial charge in [-0.05, 0) is 32.6 Å². The third-order valence-electron chi connectivity index (χ3n) is 2.87. The largest absolute Gasteiger partial charge is 0.372 e. The van der Waals surface area contributed by atoms with Crippen LogP contribution < -0.4 is 0 Å². The van der Waals surface area contributed by atoms with Gasteiger partial charge in [0.1, 0.15) is 6.61 Å². The average molecular weight is 199 g/mol. The number of rotatable bonds is 3. The Kier molecular flexibility index (Phi) is 4.39. The first-order valence-corrected chi connectivity index (χ1v) is 5.52. The van der Waals surface area contributed by atoms with E-state index in [-0.39, 0.29) is 12.5 Å². The highest BCUT2D eigenvalue weighted by Gasteiger charge is 2.26. The lowest BCUT2D eigenvalue weighted by molar-refractivity contribution is -0.140. The van der Waals surface area contributed by atoms with Gasteiger partial charge in [-0.25, -0.2) is 0 Å². The number of piperidine rings is 1. The fourth-order valence-corrected chi connectivity index (χ4v) is 1.91. The molecular formula is C11H21NO2. The summed E-state index contributed by atoms with van der Waals surface area (Å²) in [4.78, 5) is 13.7. The molecule has 1 fully saturated rings. The minimum absolute atomic E-state index is 0.144. The number of hydrogen-bond donors (Lipinski definition) is 0. The Morgan fingerprint density at radius 1 is 1.43 bits per heavy atom. The maximum atomic E-state index is 11.7. The maximum absolute atomic E-state index is 11.7. The second kappa shape index (κ2) is 5.35. The van der Waals surface area contributed by atoms with E-state index in [1.54, 1.807) is 0 Å². The molecule has 1 saturated heterocycles. The SMILES string of the molecule is CCOCC(=O)N1CC(C)CCC1C. The van der Waals surface area contributed by atoms with Gasteiger partial charge in [-0.15, -0.1) is 0 Å². The van der Waals surface area contributed by atoms with Gasteiger partial charge in [0, 0.05) is 19.2 Å². The minimum atomic E-state index is 0.144. The van der Waals surface area contributed by atoms with Gasteiger partial charge < -0.3 is 9.64 Å². The summed E-state index contributed by atoms with van der Waals surface area (Å²) in [5.41, 5.74) is 0. The van der Waals surface area contributed by atoms with E-state index < -0.39 is 0 Å². The van der Waals surface area contributed by atoms with Crippen LogP contribution in [0.3, 0.4) is 0 Å². The van der Waals surface area contributed by atoms with Gasteiger partial charge >= 0.3 is 0 Å². The second-order valence-electron chi connectivity index (χ2n) is 4.21. The summed E-state index contributed by atoms with van der Waals surface area (Å²) in [7, 11) is 0. The van der Waals surface area contributed by atoms with Crippen molar-refractivity contribution in [2.24, 2.45) is 5.92 Å². The summed E-state index contributed by atoms with van der Waals surface area (Å²) < 4.78 is 5.14. The summed E-state index contributed by atoms with van der Waals surface area (Å²) in [5.74, 6) is 0.780. The second-order valence-corrected chi connectivity index (χ2v) is 4.21. The van der Waals surface area contributed by atoms with Crippen LogP contribution in [0, 0.1) is 5.92 Å². The van der Waals surface area contributed by atoms with Crippen molar-refractivity contribution < 1.29 is 9.53 Å². The van der Waals surface area contributed by atoms with Crippen LogP contribution in [-0.2, 0) is 9.53 Å². The van der Waals surface area contributed by atoms with Crippen molar-refractivity contribution in [3.05, 3.63) is 0 Å². The van der Waals surface area contributed by atoms with E-state index in [1.807, 2.05) is 11.8 Å². The van der Waals surface area contributed by atoms with Crippen LogP contribution >= 0.6 is 0 Å². The molecule has 2 atom stereocenters. The van der Waals surface area contributed by atoms with Crippen LogP contribution in [0.4, 0.5) is 0 Å². The van der Waals surface area contributed by atoms with E-state index in [2.05, 4.69) is 13.8 Å². The predicted molar refractivity (Wildman–Crippen MR) is 56.1 cm³/mol. The molecule has 0 N–H and O–H groups in total. The Hall–Kier alpha value is -0.570. The molecule has 0 aromatic heterocycles. The standard InChI is InChI=1S/C11H21NO2/c1-4-14-8-11(13)12-7-9(2)5-6-10(12)3/h9-10H,4-8H2,1-3H3. The van der Waals surface area contributed by atoms with Gasteiger partial charge in [-0.2, -0.15) is 0 Å². The molecule has 1 aliphatic heterocycles. The number of amides is 1. The summed E-state index contributed by atoms with van der Waals surface area (Å²) in [6.45, 7) is 7.99. The van der Waals surface area contributed by atoms with Crippen molar-refractivity contribution in [1.29, 1.82) is 0 Å². The third-order valence-corrected chi connectivity index (χ3v) is 2.87. The van der Waals surface area contributed by atoms with E-state index >= 15 is 0 Å². The first-order chi connectivity index (χ1) is 6.65. The summed E-state index contributed by atoms with van der Waals surface area (Å²) >= 11 is 0. The molecule has 1 amide bonds. The van der Waals surface area contributed by atoms with E-state index in [4.69, 9.17) is 4.74 Å². The molecular weight excluding hydrogens is 178 g/mol. The van der Waals surface area contributed by atoms with Crippen molar-refractivity contribution in [2.75, 3.05) is 19.8 Å². The molecule has 3 nitrogen and oxygen atoms in total. The van der Waals surface area contributed by atoms with E-state index in [1.165, 1.54) is 6.42 Å². The minimum Gasteiger partial charge on any atom is -0.372 e. The van der Waals surface area contributed by atoms with Crippen LogP contribution in [-0.4, -0.2) is 36.6 Å². The number of carbonyl (C=O) groups is 1. The highest BCUT2D eigenvalue weighted by atomic mass is 16.5. The van der Waals surface area contributed by atoms with Crippen molar-refractivity contribution in [2.45, 2.75) is 39.7 Å². The smallest absolute Gasteiger partial charge is 0.248 e.